The van der Waals surface area contributed by atoms with Gasteiger partial charge in [-0.15, -0.1) is 0 Å². The normalized spacial score (nSPS) is 22.3. The van der Waals surface area contributed by atoms with Gasteiger partial charge in [0.2, 0.25) is 0 Å². The summed E-state index contributed by atoms with van der Waals surface area (Å²) in [6.45, 7) is 18.3. The molecule has 2 heterocycles. The van der Waals surface area contributed by atoms with Crippen LogP contribution >= 0.6 is 11.9 Å². The minimum atomic E-state index is -0.00238. The molecule has 0 aliphatic carbocycles. The molecule has 0 saturated heterocycles. The highest BCUT2D eigenvalue weighted by atomic mass is 32.2. The maximum absolute atomic E-state index is 2.39. The van der Waals surface area contributed by atoms with E-state index in [1.54, 1.807) is 0 Å². The van der Waals surface area contributed by atoms with E-state index in [1.165, 1.54) is 49.7 Å². The van der Waals surface area contributed by atoms with Crippen molar-refractivity contribution in [3.63, 3.8) is 0 Å². The molecule has 36 heavy (non-hydrogen) atoms. The predicted molar refractivity (Wildman–Crippen MR) is 159 cm³/mol. The second kappa shape index (κ2) is 9.76. The standard InChI is InChI=1S/C33H42N2S/c1-22-18-24(3)30-26(20-22)34(9)28(32(30,5)6)16-14-12-11-13-15-17-29-33(7,8)31-25(4)19-23(2)21-27(31)36-35(29)10/h11-21,29H,1-10H3/b13-11+,14-12+,17-15+,28-16-. The third-order valence-electron chi connectivity index (χ3n) is 7.90. The fraction of sp³-hybridized carbons (Fsp3) is 0.394. The van der Waals surface area contributed by atoms with Gasteiger partial charge in [0, 0.05) is 40.2 Å². The molecule has 1 atom stereocenters. The number of nitrogens with zero attached hydrogens (tertiary/aromatic N) is 2. The van der Waals surface area contributed by atoms with Crippen LogP contribution in [0.4, 0.5) is 5.69 Å². The van der Waals surface area contributed by atoms with E-state index in [2.05, 4.69) is 145 Å². The van der Waals surface area contributed by atoms with Crippen LogP contribution in [-0.2, 0) is 10.8 Å². The summed E-state index contributed by atoms with van der Waals surface area (Å²) in [7, 11) is 4.39. The van der Waals surface area contributed by atoms with Gasteiger partial charge in [0.1, 0.15) is 0 Å². The molecule has 1 unspecified atom stereocenters. The Labute approximate surface area is 223 Å². The zero-order chi connectivity index (χ0) is 26.4. The smallest absolute Gasteiger partial charge is 0.0477 e. The Hall–Kier alpha value is -2.49. The lowest BCUT2D eigenvalue weighted by atomic mass is 9.75. The van der Waals surface area contributed by atoms with Crippen molar-refractivity contribution in [2.45, 2.75) is 77.2 Å². The molecule has 0 amide bonds. The maximum Gasteiger partial charge on any atom is 0.0477 e. The Balaban J connectivity index is 1.48. The summed E-state index contributed by atoms with van der Waals surface area (Å²) in [5.74, 6) is 0. The van der Waals surface area contributed by atoms with E-state index < -0.39 is 0 Å². The summed E-state index contributed by atoms with van der Waals surface area (Å²) < 4.78 is 2.39. The summed E-state index contributed by atoms with van der Waals surface area (Å²) in [5.41, 5.74) is 11.1. The van der Waals surface area contributed by atoms with Gasteiger partial charge in [0.05, 0.1) is 0 Å². The topological polar surface area (TPSA) is 6.48 Å². The van der Waals surface area contributed by atoms with Crippen molar-refractivity contribution in [2.75, 3.05) is 19.0 Å². The number of fused-ring (bicyclic) bond motifs is 2. The van der Waals surface area contributed by atoms with Gasteiger partial charge in [0.25, 0.3) is 0 Å². The Bertz CT molecular complexity index is 1290. The van der Waals surface area contributed by atoms with E-state index in [-0.39, 0.29) is 10.8 Å². The fourth-order valence-corrected chi connectivity index (χ4v) is 8.04. The van der Waals surface area contributed by atoms with Crippen molar-refractivity contribution in [1.82, 2.24) is 4.31 Å². The third-order valence-corrected chi connectivity index (χ3v) is 8.93. The van der Waals surface area contributed by atoms with Crippen LogP contribution in [0.15, 0.2) is 77.4 Å². The van der Waals surface area contributed by atoms with E-state index in [9.17, 15) is 0 Å². The zero-order valence-electron chi connectivity index (χ0n) is 23.7. The number of benzene rings is 2. The van der Waals surface area contributed by atoms with Crippen LogP contribution in [-0.4, -0.2) is 24.4 Å². The number of hydrogen-bond donors (Lipinski definition) is 0. The summed E-state index contributed by atoms with van der Waals surface area (Å²) in [6, 6.07) is 9.57. The highest BCUT2D eigenvalue weighted by Crippen LogP contribution is 2.49. The predicted octanol–water partition coefficient (Wildman–Crippen LogP) is 8.50. The van der Waals surface area contributed by atoms with Crippen molar-refractivity contribution < 1.29 is 0 Å². The first-order chi connectivity index (χ1) is 16.9. The highest BCUT2D eigenvalue weighted by Gasteiger charge is 2.40. The molecule has 0 N–H and O–H groups in total. The zero-order valence-corrected chi connectivity index (χ0v) is 24.5. The van der Waals surface area contributed by atoms with E-state index in [1.807, 2.05) is 11.9 Å². The van der Waals surface area contributed by atoms with Gasteiger partial charge in [-0.25, -0.2) is 4.31 Å². The molecule has 2 aliphatic heterocycles. The summed E-state index contributed by atoms with van der Waals surface area (Å²) >= 11 is 1.86. The van der Waals surface area contributed by atoms with Gasteiger partial charge in [-0.05, 0) is 98.3 Å². The largest absolute Gasteiger partial charge is 0.347 e. The lowest BCUT2D eigenvalue weighted by molar-refractivity contribution is 0.307. The average molecular weight is 499 g/mol. The summed E-state index contributed by atoms with van der Waals surface area (Å²) in [6.07, 6.45) is 15.4. The minimum absolute atomic E-state index is 0.00238. The van der Waals surface area contributed by atoms with Gasteiger partial charge in [-0.2, -0.15) is 0 Å². The highest BCUT2D eigenvalue weighted by molar-refractivity contribution is 7.97. The molecule has 3 heteroatoms. The van der Waals surface area contributed by atoms with E-state index >= 15 is 0 Å². The molecule has 2 aliphatic rings. The Morgan fingerprint density at radius 2 is 1.33 bits per heavy atom. The maximum atomic E-state index is 2.39. The molecular weight excluding hydrogens is 456 g/mol. The van der Waals surface area contributed by atoms with Crippen molar-refractivity contribution in [1.29, 1.82) is 0 Å². The number of aryl methyl sites for hydroxylation is 4. The fourth-order valence-electron chi connectivity index (χ4n) is 6.53. The second-order valence-electron chi connectivity index (χ2n) is 11.6. The van der Waals surface area contributed by atoms with Crippen LogP contribution in [0.2, 0.25) is 0 Å². The molecule has 2 aromatic carbocycles. The molecule has 0 bridgehead atoms. The van der Waals surface area contributed by atoms with E-state index in [0.717, 1.165) is 0 Å². The molecule has 2 nitrogen and oxygen atoms in total. The Kier molecular flexibility index (Phi) is 7.20. The second-order valence-corrected chi connectivity index (χ2v) is 12.8. The van der Waals surface area contributed by atoms with E-state index in [4.69, 9.17) is 0 Å². The van der Waals surface area contributed by atoms with Crippen LogP contribution in [0.3, 0.4) is 0 Å². The van der Waals surface area contributed by atoms with Crippen LogP contribution in [0.25, 0.3) is 0 Å². The molecule has 0 spiro atoms. The van der Waals surface area contributed by atoms with E-state index in [0.29, 0.717) is 6.04 Å². The SMILES string of the molecule is Cc1cc(C)c2c(c1)SN(C)C(/C=C/C=C/C=C/C=C1\N(C)c3cc(C)cc(C)c3C1(C)C)C2(C)C. The molecule has 0 radical (unpaired) electrons. The van der Waals surface area contributed by atoms with Crippen molar-refractivity contribution >= 4 is 17.6 Å². The van der Waals surface area contributed by atoms with Crippen molar-refractivity contribution in [3.05, 3.63) is 106 Å². The molecular formula is C33H42N2S. The van der Waals surface area contributed by atoms with Crippen LogP contribution < -0.4 is 4.90 Å². The number of rotatable bonds is 4. The minimum Gasteiger partial charge on any atom is -0.347 e. The molecule has 190 valence electrons. The van der Waals surface area contributed by atoms with Crippen molar-refractivity contribution in [2.24, 2.45) is 0 Å². The first kappa shape index (κ1) is 26.6. The van der Waals surface area contributed by atoms with Gasteiger partial charge in [-0.3, -0.25) is 0 Å². The molecule has 2 aromatic rings. The lowest BCUT2D eigenvalue weighted by Crippen LogP contribution is -2.45. The summed E-state index contributed by atoms with van der Waals surface area (Å²) in [4.78, 5) is 3.74. The number of likely N-dealkylation sites (N-methyl/N-ethyl adjacent to an activating group) is 2. The van der Waals surface area contributed by atoms with Crippen LogP contribution in [0.5, 0.6) is 0 Å². The summed E-state index contributed by atoms with van der Waals surface area (Å²) in [5, 5.41) is 0. The van der Waals surface area contributed by atoms with Crippen LogP contribution in [0, 0.1) is 27.7 Å². The van der Waals surface area contributed by atoms with Gasteiger partial charge >= 0.3 is 0 Å². The Morgan fingerprint density at radius 3 is 2.03 bits per heavy atom. The first-order valence-electron chi connectivity index (χ1n) is 13.0. The Morgan fingerprint density at radius 1 is 0.750 bits per heavy atom. The number of hydrogen-bond acceptors (Lipinski definition) is 3. The van der Waals surface area contributed by atoms with Crippen molar-refractivity contribution in [3.8, 4) is 0 Å². The molecule has 0 aromatic heterocycles. The monoisotopic (exact) mass is 498 g/mol. The number of allylic oxidation sites excluding steroid dienone is 7. The molecule has 0 fully saturated rings. The van der Waals surface area contributed by atoms with Gasteiger partial charge in [0.15, 0.2) is 0 Å². The molecule has 0 saturated carbocycles. The van der Waals surface area contributed by atoms with Gasteiger partial charge in [-0.1, -0.05) is 76.3 Å². The lowest BCUT2D eigenvalue weighted by Gasteiger charge is -2.45. The first-order valence-corrected chi connectivity index (χ1v) is 13.7. The number of anilines is 1. The van der Waals surface area contributed by atoms with Crippen LogP contribution in [0.1, 0.15) is 61.1 Å². The van der Waals surface area contributed by atoms with Gasteiger partial charge < -0.3 is 4.90 Å². The third kappa shape index (κ3) is 4.64. The molecule has 4 rings (SSSR count). The average Bonchev–Trinajstić information content (AvgIpc) is 2.93. The quantitative estimate of drug-likeness (QED) is 0.308.